The van der Waals surface area contributed by atoms with Gasteiger partial charge < -0.3 is 9.47 Å². The number of hydrogen-bond acceptors (Lipinski definition) is 3. The molecule has 0 fully saturated rings. The van der Waals surface area contributed by atoms with Crippen LogP contribution in [0.3, 0.4) is 0 Å². The molecule has 0 amide bonds. The zero-order valence-electron chi connectivity index (χ0n) is 9.83. The molecule has 1 aromatic rings. The maximum Gasteiger partial charge on any atom is 0.180 e. The molecular formula is C12H15ClO3. The standard InChI is InChI=1S/C12H15ClO3/c1-12(2,3)16-11-9(13)5-8(7-14)6-10(11)15-4/h5-7H,1-4H3. The van der Waals surface area contributed by atoms with Gasteiger partial charge in [0, 0.05) is 5.56 Å². The molecule has 0 bridgehead atoms. The second-order valence-corrected chi connectivity index (χ2v) is 4.77. The summed E-state index contributed by atoms with van der Waals surface area (Å²) >= 11 is 6.03. The Morgan fingerprint density at radius 1 is 1.31 bits per heavy atom. The molecule has 0 N–H and O–H groups in total. The van der Waals surface area contributed by atoms with Crippen LogP contribution >= 0.6 is 11.6 Å². The fourth-order valence-corrected chi connectivity index (χ4v) is 1.47. The second-order valence-electron chi connectivity index (χ2n) is 4.37. The van der Waals surface area contributed by atoms with Crippen LogP contribution in [0, 0.1) is 0 Å². The van der Waals surface area contributed by atoms with Gasteiger partial charge in [0.05, 0.1) is 12.1 Å². The van der Waals surface area contributed by atoms with E-state index in [0.29, 0.717) is 22.1 Å². The van der Waals surface area contributed by atoms with Gasteiger partial charge in [-0.05, 0) is 32.9 Å². The zero-order valence-corrected chi connectivity index (χ0v) is 10.6. The first-order valence-electron chi connectivity index (χ1n) is 4.89. The first-order chi connectivity index (χ1) is 7.37. The van der Waals surface area contributed by atoms with Gasteiger partial charge >= 0.3 is 0 Å². The van der Waals surface area contributed by atoms with Gasteiger partial charge in [0.25, 0.3) is 0 Å². The fraction of sp³-hybridized carbons (Fsp3) is 0.417. The molecule has 0 unspecified atom stereocenters. The van der Waals surface area contributed by atoms with Gasteiger partial charge in [0.1, 0.15) is 11.9 Å². The fourth-order valence-electron chi connectivity index (χ4n) is 1.21. The molecule has 88 valence electrons. The summed E-state index contributed by atoms with van der Waals surface area (Å²) in [7, 11) is 1.51. The van der Waals surface area contributed by atoms with E-state index in [4.69, 9.17) is 21.1 Å². The largest absolute Gasteiger partial charge is 0.493 e. The van der Waals surface area contributed by atoms with Gasteiger partial charge in [-0.25, -0.2) is 0 Å². The summed E-state index contributed by atoms with van der Waals surface area (Å²) in [6.45, 7) is 5.74. The van der Waals surface area contributed by atoms with Crippen LogP contribution in [0.5, 0.6) is 11.5 Å². The molecule has 0 saturated heterocycles. The van der Waals surface area contributed by atoms with Crippen LogP contribution in [0.4, 0.5) is 0 Å². The molecule has 0 aliphatic heterocycles. The van der Waals surface area contributed by atoms with Crippen molar-refractivity contribution in [2.24, 2.45) is 0 Å². The molecule has 0 spiro atoms. The lowest BCUT2D eigenvalue weighted by Gasteiger charge is -2.23. The summed E-state index contributed by atoms with van der Waals surface area (Å²) in [5, 5.41) is 0.372. The molecule has 0 aliphatic rings. The van der Waals surface area contributed by atoms with E-state index >= 15 is 0 Å². The minimum atomic E-state index is -0.375. The lowest BCUT2D eigenvalue weighted by atomic mass is 10.1. The van der Waals surface area contributed by atoms with Gasteiger partial charge in [0.15, 0.2) is 11.5 Å². The quantitative estimate of drug-likeness (QED) is 0.763. The third kappa shape index (κ3) is 3.14. The normalized spacial score (nSPS) is 11.1. The van der Waals surface area contributed by atoms with Crippen molar-refractivity contribution >= 4 is 17.9 Å². The highest BCUT2D eigenvalue weighted by molar-refractivity contribution is 6.32. The molecule has 1 aromatic carbocycles. The minimum Gasteiger partial charge on any atom is -0.493 e. The Balaban J connectivity index is 3.21. The van der Waals surface area contributed by atoms with Gasteiger partial charge in [-0.15, -0.1) is 0 Å². The van der Waals surface area contributed by atoms with E-state index in [1.54, 1.807) is 12.1 Å². The van der Waals surface area contributed by atoms with E-state index in [-0.39, 0.29) is 5.60 Å². The lowest BCUT2D eigenvalue weighted by molar-refractivity contribution is 0.112. The average molecular weight is 243 g/mol. The smallest absolute Gasteiger partial charge is 0.180 e. The summed E-state index contributed by atoms with van der Waals surface area (Å²) < 4.78 is 10.8. The first-order valence-corrected chi connectivity index (χ1v) is 5.27. The SMILES string of the molecule is COc1cc(C=O)cc(Cl)c1OC(C)(C)C. The van der Waals surface area contributed by atoms with Crippen molar-refractivity contribution in [3.63, 3.8) is 0 Å². The number of methoxy groups -OCH3 is 1. The molecule has 16 heavy (non-hydrogen) atoms. The van der Waals surface area contributed by atoms with E-state index in [1.165, 1.54) is 7.11 Å². The number of rotatable bonds is 3. The van der Waals surface area contributed by atoms with Crippen molar-refractivity contribution in [3.8, 4) is 11.5 Å². The van der Waals surface area contributed by atoms with Gasteiger partial charge in [-0.2, -0.15) is 0 Å². The highest BCUT2D eigenvalue weighted by atomic mass is 35.5. The number of halogens is 1. The van der Waals surface area contributed by atoms with Crippen LogP contribution in [0.25, 0.3) is 0 Å². The van der Waals surface area contributed by atoms with E-state index in [0.717, 1.165) is 6.29 Å². The maximum absolute atomic E-state index is 10.7. The van der Waals surface area contributed by atoms with Crippen LogP contribution in [0.2, 0.25) is 5.02 Å². The Morgan fingerprint density at radius 2 is 1.94 bits per heavy atom. The predicted octanol–water partition coefficient (Wildman–Crippen LogP) is 3.34. The van der Waals surface area contributed by atoms with Gasteiger partial charge in [-0.3, -0.25) is 4.79 Å². The van der Waals surface area contributed by atoms with Crippen LogP contribution in [0.15, 0.2) is 12.1 Å². The number of benzene rings is 1. The molecule has 3 nitrogen and oxygen atoms in total. The molecule has 0 aromatic heterocycles. The average Bonchev–Trinajstić information content (AvgIpc) is 2.19. The van der Waals surface area contributed by atoms with Crippen molar-refractivity contribution in [1.82, 2.24) is 0 Å². The molecule has 0 saturated carbocycles. The summed E-state index contributed by atoms with van der Waals surface area (Å²) in [6.07, 6.45) is 0.718. The van der Waals surface area contributed by atoms with Crippen molar-refractivity contribution < 1.29 is 14.3 Å². The van der Waals surface area contributed by atoms with E-state index < -0.39 is 0 Å². The number of aldehydes is 1. The Kier molecular flexibility index (Phi) is 3.81. The molecular weight excluding hydrogens is 228 g/mol. The Hall–Kier alpha value is -1.22. The Bertz CT molecular complexity index is 394. The van der Waals surface area contributed by atoms with Crippen LogP contribution in [-0.4, -0.2) is 19.0 Å². The zero-order chi connectivity index (χ0) is 12.3. The predicted molar refractivity (Wildman–Crippen MR) is 63.8 cm³/mol. The van der Waals surface area contributed by atoms with Gasteiger partial charge in [0.2, 0.25) is 0 Å². The minimum absolute atomic E-state index is 0.372. The third-order valence-electron chi connectivity index (χ3n) is 1.80. The highest BCUT2D eigenvalue weighted by Gasteiger charge is 2.19. The first kappa shape index (κ1) is 12.8. The number of ether oxygens (including phenoxy) is 2. The third-order valence-corrected chi connectivity index (χ3v) is 2.08. The van der Waals surface area contributed by atoms with E-state index in [2.05, 4.69) is 0 Å². The number of hydrogen-bond donors (Lipinski definition) is 0. The molecule has 0 radical (unpaired) electrons. The number of carbonyl (C=O) groups is 1. The monoisotopic (exact) mass is 242 g/mol. The molecule has 4 heteroatoms. The molecule has 1 rings (SSSR count). The summed E-state index contributed by atoms with van der Waals surface area (Å²) in [5.41, 5.74) is 0.0858. The van der Waals surface area contributed by atoms with Gasteiger partial charge in [-0.1, -0.05) is 11.6 Å². The van der Waals surface area contributed by atoms with Crippen molar-refractivity contribution in [1.29, 1.82) is 0 Å². The van der Waals surface area contributed by atoms with E-state index in [1.807, 2.05) is 20.8 Å². The summed E-state index contributed by atoms with van der Waals surface area (Å²) in [6, 6.07) is 3.15. The Labute approximate surface area is 100 Å². The van der Waals surface area contributed by atoms with Crippen LogP contribution in [-0.2, 0) is 0 Å². The van der Waals surface area contributed by atoms with E-state index in [9.17, 15) is 4.79 Å². The number of carbonyl (C=O) groups excluding carboxylic acids is 1. The highest BCUT2D eigenvalue weighted by Crippen LogP contribution is 2.38. The van der Waals surface area contributed by atoms with Crippen molar-refractivity contribution in [2.75, 3.05) is 7.11 Å². The molecule has 0 atom stereocenters. The van der Waals surface area contributed by atoms with Crippen molar-refractivity contribution in [2.45, 2.75) is 26.4 Å². The summed E-state index contributed by atoms with van der Waals surface area (Å²) in [4.78, 5) is 10.7. The van der Waals surface area contributed by atoms with Crippen molar-refractivity contribution in [3.05, 3.63) is 22.7 Å². The molecule has 0 aliphatic carbocycles. The van der Waals surface area contributed by atoms with Crippen LogP contribution < -0.4 is 9.47 Å². The Morgan fingerprint density at radius 3 is 2.38 bits per heavy atom. The molecule has 0 heterocycles. The lowest BCUT2D eigenvalue weighted by Crippen LogP contribution is -2.23. The topological polar surface area (TPSA) is 35.5 Å². The maximum atomic E-state index is 10.7. The summed E-state index contributed by atoms with van der Waals surface area (Å²) in [5.74, 6) is 0.923. The second kappa shape index (κ2) is 4.74. The van der Waals surface area contributed by atoms with Crippen LogP contribution in [0.1, 0.15) is 31.1 Å².